The second-order valence-corrected chi connectivity index (χ2v) is 5.89. The molecule has 0 aromatic heterocycles. The van der Waals surface area contributed by atoms with Gasteiger partial charge in [0.15, 0.2) is 5.75 Å². The molecule has 3 rings (SSSR count). The maximum Gasteiger partial charge on any atom is 0.150 e. The Hall–Kier alpha value is -1.96. The Labute approximate surface area is 127 Å². The van der Waals surface area contributed by atoms with Crippen LogP contribution in [0, 0.1) is 5.92 Å². The Morgan fingerprint density at radius 1 is 0.952 bits per heavy atom. The highest BCUT2D eigenvalue weighted by atomic mass is 16.5. The second-order valence-electron chi connectivity index (χ2n) is 5.89. The third-order valence-electron chi connectivity index (χ3n) is 4.35. The van der Waals surface area contributed by atoms with Crippen molar-refractivity contribution in [3.63, 3.8) is 0 Å². The molecule has 21 heavy (non-hydrogen) atoms. The standard InChI is InChI=1S/C19H23NO/c1-15(16-9-5-6-10-16)20-18-13-7-8-14-19(18)21-17-11-3-2-4-12-17/h2-4,7-8,11-16,20H,5-6,9-10H2,1H3. The molecule has 2 nitrogen and oxygen atoms in total. The van der Waals surface area contributed by atoms with Gasteiger partial charge in [-0.1, -0.05) is 43.2 Å². The van der Waals surface area contributed by atoms with Crippen molar-refractivity contribution in [3.05, 3.63) is 54.6 Å². The van der Waals surface area contributed by atoms with E-state index in [4.69, 9.17) is 4.74 Å². The summed E-state index contributed by atoms with van der Waals surface area (Å²) in [6.45, 7) is 2.29. The molecule has 0 radical (unpaired) electrons. The Kier molecular flexibility index (Phi) is 4.44. The van der Waals surface area contributed by atoms with Crippen molar-refractivity contribution >= 4 is 5.69 Å². The summed E-state index contributed by atoms with van der Waals surface area (Å²) in [6, 6.07) is 18.6. The summed E-state index contributed by atoms with van der Waals surface area (Å²) in [6.07, 6.45) is 5.43. The van der Waals surface area contributed by atoms with Gasteiger partial charge < -0.3 is 10.1 Å². The van der Waals surface area contributed by atoms with Gasteiger partial charge in [0.05, 0.1) is 5.69 Å². The number of ether oxygens (including phenoxy) is 1. The van der Waals surface area contributed by atoms with E-state index in [9.17, 15) is 0 Å². The van der Waals surface area contributed by atoms with E-state index in [1.807, 2.05) is 42.5 Å². The van der Waals surface area contributed by atoms with Crippen molar-refractivity contribution < 1.29 is 4.74 Å². The summed E-state index contributed by atoms with van der Waals surface area (Å²) in [4.78, 5) is 0. The van der Waals surface area contributed by atoms with Gasteiger partial charge in [-0.3, -0.25) is 0 Å². The molecule has 0 bridgehead atoms. The number of anilines is 1. The first-order chi connectivity index (χ1) is 10.3. The number of benzene rings is 2. The van der Waals surface area contributed by atoms with Crippen molar-refractivity contribution in [1.82, 2.24) is 0 Å². The highest BCUT2D eigenvalue weighted by Crippen LogP contribution is 2.33. The average Bonchev–Trinajstić information content (AvgIpc) is 3.05. The SMILES string of the molecule is CC(Nc1ccccc1Oc1ccccc1)C1CCCC1. The highest BCUT2D eigenvalue weighted by molar-refractivity contribution is 5.58. The van der Waals surface area contributed by atoms with Crippen LogP contribution in [0.5, 0.6) is 11.5 Å². The molecule has 0 aliphatic heterocycles. The zero-order valence-electron chi connectivity index (χ0n) is 12.6. The topological polar surface area (TPSA) is 21.3 Å². The van der Waals surface area contributed by atoms with Crippen molar-refractivity contribution in [2.45, 2.75) is 38.6 Å². The maximum absolute atomic E-state index is 6.01. The Bertz CT molecular complexity index is 561. The Balaban J connectivity index is 1.73. The molecule has 1 atom stereocenters. The summed E-state index contributed by atoms with van der Waals surface area (Å²) in [7, 11) is 0. The third-order valence-corrected chi connectivity index (χ3v) is 4.35. The molecule has 0 heterocycles. The number of para-hydroxylation sites is 3. The van der Waals surface area contributed by atoms with E-state index in [2.05, 4.69) is 24.4 Å². The molecule has 2 aromatic carbocycles. The monoisotopic (exact) mass is 281 g/mol. The van der Waals surface area contributed by atoms with E-state index in [0.717, 1.165) is 23.1 Å². The van der Waals surface area contributed by atoms with Crippen LogP contribution < -0.4 is 10.1 Å². The zero-order valence-corrected chi connectivity index (χ0v) is 12.6. The maximum atomic E-state index is 6.01. The highest BCUT2D eigenvalue weighted by Gasteiger charge is 2.22. The molecule has 1 unspecified atom stereocenters. The molecule has 1 aliphatic carbocycles. The van der Waals surface area contributed by atoms with E-state index >= 15 is 0 Å². The molecule has 0 amide bonds. The largest absolute Gasteiger partial charge is 0.455 e. The van der Waals surface area contributed by atoms with Gasteiger partial charge in [0.1, 0.15) is 5.75 Å². The lowest BCUT2D eigenvalue weighted by Gasteiger charge is -2.23. The predicted molar refractivity (Wildman–Crippen MR) is 88.0 cm³/mol. The van der Waals surface area contributed by atoms with Gasteiger partial charge in [-0.25, -0.2) is 0 Å². The van der Waals surface area contributed by atoms with E-state index in [1.54, 1.807) is 0 Å². The van der Waals surface area contributed by atoms with Gasteiger partial charge in [-0.05, 0) is 49.9 Å². The average molecular weight is 281 g/mol. The van der Waals surface area contributed by atoms with E-state index in [1.165, 1.54) is 25.7 Å². The summed E-state index contributed by atoms with van der Waals surface area (Å²) >= 11 is 0. The van der Waals surface area contributed by atoms with Gasteiger partial charge >= 0.3 is 0 Å². The third kappa shape index (κ3) is 3.57. The summed E-state index contributed by atoms with van der Waals surface area (Å²) in [5.74, 6) is 2.56. The predicted octanol–water partition coefficient (Wildman–Crippen LogP) is 5.47. The van der Waals surface area contributed by atoms with Crippen LogP contribution in [0.25, 0.3) is 0 Å². The minimum Gasteiger partial charge on any atom is -0.455 e. The van der Waals surface area contributed by atoms with Crippen LogP contribution in [0.3, 0.4) is 0 Å². The van der Waals surface area contributed by atoms with Crippen LogP contribution in [0.1, 0.15) is 32.6 Å². The van der Waals surface area contributed by atoms with Gasteiger partial charge in [0.25, 0.3) is 0 Å². The summed E-state index contributed by atoms with van der Waals surface area (Å²) in [5.41, 5.74) is 1.08. The fraction of sp³-hybridized carbons (Fsp3) is 0.368. The van der Waals surface area contributed by atoms with Crippen LogP contribution in [-0.4, -0.2) is 6.04 Å². The lowest BCUT2D eigenvalue weighted by Crippen LogP contribution is -2.23. The van der Waals surface area contributed by atoms with Crippen LogP contribution in [-0.2, 0) is 0 Å². The van der Waals surface area contributed by atoms with Crippen molar-refractivity contribution in [2.24, 2.45) is 5.92 Å². The Morgan fingerprint density at radius 3 is 2.38 bits per heavy atom. The van der Waals surface area contributed by atoms with Crippen LogP contribution >= 0.6 is 0 Å². The van der Waals surface area contributed by atoms with Gasteiger partial charge in [-0.2, -0.15) is 0 Å². The molecule has 1 aliphatic rings. The van der Waals surface area contributed by atoms with E-state index < -0.39 is 0 Å². The van der Waals surface area contributed by atoms with Crippen LogP contribution in [0.4, 0.5) is 5.69 Å². The van der Waals surface area contributed by atoms with Crippen LogP contribution in [0.2, 0.25) is 0 Å². The second kappa shape index (κ2) is 6.66. The molecule has 1 saturated carbocycles. The molecule has 0 spiro atoms. The Morgan fingerprint density at radius 2 is 1.62 bits per heavy atom. The minimum absolute atomic E-state index is 0.494. The fourth-order valence-electron chi connectivity index (χ4n) is 3.11. The van der Waals surface area contributed by atoms with E-state index in [0.29, 0.717) is 6.04 Å². The first kappa shape index (κ1) is 14.0. The zero-order chi connectivity index (χ0) is 14.5. The summed E-state index contributed by atoms with van der Waals surface area (Å²) in [5, 5.41) is 3.65. The quantitative estimate of drug-likeness (QED) is 0.784. The van der Waals surface area contributed by atoms with E-state index in [-0.39, 0.29) is 0 Å². The van der Waals surface area contributed by atoms with Crippen molar-refractivity contribution in [1.29, 1.82) is 0 Å². The first-order valence-corrected chi connectivity index (χ1v) is 7.91. The summed E-state index contributed by atoms with van der Waals surface area (Å²) < 4.78 is 6.01. The molecule has 2 heteroatoms. The number of hydrogen-bond acceptors (Lipinski definition) is 2. The molecule has 1 fully saturated rings. The molecule has 2 aromatic rings. The molecule has 110 valence electrons. The number of rotatable bonds is 5. The fourth-order valence-corrected chi connectivity index (χ4v) is 3.11. The molecular formula is C19H23NO. The smallest absolute Gasteiger partial charge is 0.150 e. The van der Waals surface area contributed by atoms with Crippen molar-refractivity contribution in [3.8, 4) is 11.5 Å². The normalized spacial score (nSPS) is 16.6. The van der Waals surface area contributed by atoms with Crippen molar-refractivity contribution in [2.75, 3.05) is 5.32 Å². The minimum atomic E-state index is 0.494. The number of hydrogen-bond donors (Lipinski definition) is 1. The lowest BCUT2D eigenvalue weighted by molar-refractivity contribution is 0.468. The molecular weight excluding hydrogens is 258 g/mol. The van der Waals surface area contributed by atoms with Gasteiger partial charge in [0.2, 0.25) is 0 Å². The molecule has 1 N–H and O–H groups in total. The first-order valence-electron chi connectivity index (χ1n) is 7.91. The van der Waals surface area contributed by atoms with Gasteiger partial charge in [0, 0.05) is 6.04 Å². The van der Waals surface area contributed by atoms with Gasteiger partial charge in [-0.15, -0.1) is 0 Å². The molecule has 0 saturated heterocycles. The van der Waals surface area contributed by atoms with Crippen LogP contribution in [0.15, 0.2) is 54.6 Å². The number of nitrogens with one attached hydrogen (secondary N) is 1. The lowest BCUT2D eigenvalue weighted by atomic mass is 9.99.